The van der Waals surface area contributed by atoms with Gasteiger partial charge in [0, 0.05) is 12.5 Å². The number of aryl methyl sites for hydroxylation is 1. The van der Waals surface area contributed by atoms with Crippen LogP contribution in [0.15, 0.2) is 53.3 Å². The molecule has 0 fully saturated rings. The highest BCUT2D eigenvalue weighted by atomic mass is 16.3. The van der Waals surface area contributed by atoms with Gasteiger partial charge in [-0.1, -0.05) is 6.07 Å². The van der Waals surface area contributed by atoms with Gasteiger partial charge in [0.1, 0.15) is 11.5 Å². The smallest absolute Gasteiger partial charge is 0.270 e. The Morgan fingerprint density at radius 2 is 2.24 bits per heavy atom. The Bertz CT molecular complexity index is 731. The first-order valence-electron chi connectivity index (χ1n) is 7.00. The first kappa shape index (κ1) is 13.4. The van der Waals surface area contributed by atoms with Crippen molar-refractivity contribution in [2.24, 2.45) is 0 Å². The number of nitrogens with zero attached hydrogens (tertiary/aromatic N) is 2. The highest BCUT2D eigenvalue weighted by Gasteiger charge is 2.13. The highest BCUT2D eigenvalue weighted by molar-refractivity contribution is 5.93. The van der Waals surface area contributed by atoms with Crippen molar-refractivity contribution in [1.82, 2.24) is 14.9 Å². The van der Waals surface area contributed by atoms with Crippen LogP contribution >= 0.6 is 0 Å². The van der Waals surface area contributed by atoms with Gasteiger partial charge in [-0.05, 0) is 43.7 Å². The molecule has 0 aromatic carbocycles. The van der Waals surface area contributed by atoms with E-state index >= 15 is 0 Å². The molecule has 1 atom stereocenters. The monoisotopic (exact) mass is 283 g/mol. The Morgan fingerprint density at radius 3 is 3.05 bits per heavy atom. The largest absolute Gasteiger partial charge is 0.469 e. The molecule has 0 aliphatic carbocycles. The van der Waals surface area contributed by atoms with Gasteiger partial charge in [0.25, 0.3) is 5.91 Å². The molecule has 21 heavy (non-hydrogen) atoms. The Balaban J connectivity index is 1.64. The molecular weight excluding hydrogens is 266 g/mol. The van der Waals surface area contributed by atoms with Crippen LogP contribution in [0.5, 0.6) is 0 Å². The fourth-order valence-corrected chi connectivity index (χ4v) is 2.30. The lowest BCUT2D eigenvalue weighted by Crippen LogP contribution is -2.34. The molecule has 0 saturated carbocycles. The van der Waals surface area contributed by atoms with E-state index in [4.69, 9.17) is 4.42 Å². The number of rotatable bonds is 5. The number of pyridine rings is 1. The molecule has 0 radical (unpaired) electrons. The molecule has 3 heterocycles. The first-order valence-corrected chi connectivity index (χ1v) is 7.00. The van der Waals surface area contributed by atoms with E-state index in [0.29, 0.717) is 5.69 Å². The van der Waals surface area contributed by atoms with Gasteiger partial charge >= 0.3 is 0 Å². The van der Waals surface area contributed by atoms with Gasteiger partial charge in [0.15, 0.2) is 0 Å². The molecule has 3 aromatic heterocycles. The van der Waals surface area contributed by atoms with Crippen molar-refractivity contribution in [2.45, 2.75) is 25.8 Å². The minimum Gasteiger partial charge on any atom is -0.469 e. The summed E-state index contributed by atoms with van der Waals surface area (Å²) in [5.74, 6) is 0.821. The minimum absolute atomic E-state index is 0.0634. The highest BCUT2D eigenvalue weighted by Crippen LogP contribution is 2.09. The number of hydrogen-bond acceptors (Lipinski definition) is 3. The third-order valence-corrected chi connectivity index (χ3v) is 3.44. The summed E-state index contributed by atoms with van der Waals surface area (Å²) in [7, 11) is 0. The van der Waals surface area contributed by atoms with E-state index < -0.39 is 0 Å². The lowest BCUT2D eigenvalue weighted by molar-refractivity contribution is 0.0930. The maximum absolute atomic E-state index is 12.3. The van der Waals surface area contributed by atoms with Crippen LogP contribution in [0.3, 0.4) is 0 Å². The quantitative estimate of drug-likeness (QED) is 0.783. The molecule has 0 saturated heterocycles. The third kappa shape index (κ3) is 2.97. The number of carbonyl (C=O) groups excluding carboxylic acids is 1. The van der Waals surface area contributed by atoms with Crippen LogP contribution in [0, 0.1) is 0 Å². The van der Waals surface area contributed by atoms with Crippen molar-refractivity contribution in [2.75, 3.05) is 0 Å². The summed E-state index contributed by atoms with van der Waals surface area (Å²) in [6.45, 7) is 1.99. The zero-order valence-corrected chi connectivity index (χ0v) is 11.8. The number of nitrogens with one attached hydrogen (secondary N) is 1. The second-order valence-corrected chi connectivity index (χ2v) is 5.07. The average Bonchev–Trinajstić information content (AvgIpc) is 3.15. The van der Waals surface area contributed by atoms with Crippen LogP contribution in [0.4, 0.5) is 0 Å². The van der Waals surface area contributed by atoms with Crippen molar-refractivity contribution in [3.05, 3.63) is 60.3 Å². The molecule has 0 bridgehead atoms. The minimum atomic E-state index is -0.115. The van der Waals surface area contributed by atoms with E-state index in [1.54, 1.807) is 23.0 Å². The molecule has 108 valence electrons. The topological polar surface area (TPSA) is 59.5 Å². The SMILES string of the molecule is CC(CCc1ccco1)NC(=O)c1cccc2ccnn12. The summed E-state index contributed by atoms with van der Waals surface area (Å²) in [6, 6.07) is 11.3. The van der Waals surface area contributed by atoms with Gasteiger partial charge in [0.05, 0.1) is 18.0 Å². The van der Waals surface area contributed by atoms with Crippen LogP contribution in [-0.2, 0) is 6.42 Å². The van der Waals surface area contributed by atoms with Crippen LogP contribution < -0.4 is 5.32 Å². The maximum Gasteiger partial charge on any atom is 0.270 e. The second kappa shape index (κ2) is 5.83. The van der Waals surface area contributed by atoms with Crippen molar-refractivity contribution in [3.63, 3.8) is 0 Å². The van der Waals surface area contributed by atoms with E-state index in [2.05, 4.69) is 10.4 Å². The van der Waals surface area contributed by atoms with Crippen LogP contribution in [-0.4, -0.2) is 21.6 Å². The average molecular weight is 283 g/mol. The molecule has 0 aliphatic heterocycles. The maximum atomic E-state index is 12.3. The molecule has 1 amide bonds. The van der Waals surface area contributed by atoms with Gasteiger partial charge < -0.3 is 9.73 Å². The van der Waals surface area contributed by atoms with E-state index in [9.17, 15) is 4.79 Å². The normalized spacial score (nSPS) is 12.4. The number of furan rings is 1. The number of hydrogen-bond donors (Lipinski definition) is 1. The Hall–Kier alpha value is -2.56. The van der Waals surface area contributed by atoms with Gasteiger partial charge in [-0.25, -0.2) is 4.52 Å². The zero-order valence-electron chi connectivity index (χ0n) is 11.8. The summed E-state index contributed by atoms with van der Waals surface area (Å²) in [5, 5.41) is 7.17. The molecule has 0 spiro atoms. The second-order valence-electron chi connectivity index (χ2n) is 5.07. The Morgan fingerprint density at radius 1 is 1.33 bits per heavy atom. The molecule has 5 nitrogen and oxygen atoms in total. The lowest BCUT2D eigenvalue weighted by atomic mass is 10.1. The molecule has 1 unspecified atom stereocenters. The summed E-state index contributed by atoms with van der Waals surface area (Å²) in [6.07, 6.45) is 4.98. The van der Waals surface area contributed by atoms with Gasteiger partial charge in [-0.2, -0.15) is 5.10 Å². The fraction of sp³-hybridized carbons (Fsp3) is 0.250. The third-order valence-electron chi connectivity index (χ3n) is 3.44. The van der Waals surface area contributed by atoms with Crippen LogP contribution in [0.1, 0.15) is 29.6 Å². The number of aromatic nitrogens is 2. The van der Waals surface area contributed by atoms with Crippen LogP contribution in [0.2, 0.25) is 0 Å². The Labute approximate surface area is 122 Å². The summed E-state index contributed by atoms with van der Waals surface area (Å²) >= 11 is 0. The van der Waals surface area contributed by atoms with E-state index in [1.807, 2.05) is 37.3 Å². The molecule has 3 aromatic rings. The summed E-state index contributed by atoms with van der Waals surface area (Å²) < 4.78 is 6.94. The van der Waals surface area contributed by atoms with Crippen molar-refractivity contribution in [1.29, 1.82) is 0 Å². The number of carbonyl (C=O) groups is 1. The summed E-state index contributed by atoms with van der Waals surface area (Å²) in [5.41, 5.74) is 1.45. The molecule has 0 aliphatic rings. The summed E-state index contributed by atoms with van der Waals surface area (Å²) in [4.78, 5) is 12.3. The van der Waals surface area contributed by atoms with Crippen LogP contribution in [0.25, 0.3) is 5.52 Å². The predicted molar refractivity (Wildman–Crippen MR) is 79.1 cm³/mol. The predicted octanol–water partition coefficient (Wildman–Crippen LogP) is 2.68. The van der Waals surface area contributed by atoms with Gasteiger partial charge in [-0.15, -0.1) is 0 Å². The lowest BCUT2D eigenvalue weighted by Gasteiger charge is -2.13. The van der Waals surface area contributed by atoms with Crippen molar-refractivity contribution in [3.8, 4) is 0 Å². The zero-order chi connectivity index (χ0) is 14.7. The van der Waals surface area contributed by atoms with Crippen molar-refractivity contribution < 1.29 is 9.21 Å². The fourth-order valence-electron chi connectivity index (χ4n) is 2.30. The molecular formula is C16H17N3O2. The van der Waals surface area contributed by atoms with E-state index in [1.165, 1.54) is 0 Å². The van der Waals surface area contributed by atoms with Crippen molar-refractivity contribution >= 4 is 11.4 Å². The van der Waals surface area contributed by atoms with E-state index in [0.717, 1.165) is 24.1 Å². The number of fused-ring (bicyclic) bond motifs is 1. The molecule has 3 rings (SSSR count). The van der Waals surface area contributed by atoms with Gasteiger partial charge in [0.2, 0.25) is 0 Å². The van der Waals surface area contributed by atoms with Gasteiger partial charge in [-0.3, -0.25) is 4.79 Å². The first-order chi connectivity index (χ1) is 10.2. The Kier molecular flexibility index (Phi) is 3.73. The molecule has 1 N–H and O–H groups in total. The standard InChI is InChI=1S/C16H17N3O2/c1-12(7-8-14-5-3-11-21-14)18-16(20)15-6-2-4-13-9-10-17-19(13)15/h2-6,9-12H,7-8H2,1H3,(H,18,20). The molecule has 5 heteroatoms. The number of amides is 1. The van der Waals surface area contributed by atoms with E-state index in [-0.39, 0.29) is 11.9 Å².